The fraction of sp³-hybridized carbons (Fsp3) is 0.375. The highest BCUT2D eigenvalue weighted by Crippen LogP contribution is 2.44. The number of ether oxygens (including phenoxy) is 1. The van der Waals surface area contributed by atoms with Crippen LogP contribution < -0.4 is 10.6 Å². The summed E-state index contributed by atoms with van der Waals surface area (Å²) in [5.41, 5.74) is 4.05. The van der Waals surface area contributed by atoms with Crippen molar-refractivity contribution in [1.82, 2.24) is 10.6 Å². The number of carboxylic acids is 1. The fourth-order valence-electron chi connectivity index (χ4n) is 3.99. The van der Waals surface area contributed by atoms with Crippen molar-refractivity contribution in [2.45, 2.75) is 50.6 Å². The highest BCUT2D eigenvalue weighted by atomic mass is 19.3. The maximum atomic E-state index is 13.4. The van der Waals surface area contributed by atoms with Crippen molar-refractivity contribution < 1.29 is 33.0 Å². The summed E-state index contributed by atoms with van der Waals surface area (Å²) in [5.74, 6) is -2.10. The van der Waals surface area contributed by atoms with Gasteiger partial charge in [0.25, 0.3) is 6.43 Å². The standard InChI is InChI=1S/C24H26F2N2O5/c1-2-14(11-22(30)31)27-21(29)12-20(23(25)26)28-24(32)33-13-19-17-9-5-3-7-15(17)16-8-4-6-10-18(16)19/h3-10,14,19-20,23H,2,11-13H2,1H3,(H,27,29)(H,28,32)(H,30,31). The van der Waals surface area contributed by atoms with E-state index in [1.54, 1.807) is 6.92 Å². The Labute approximate surface area is 190 Å². The molecule has 3 N–H and O–H groups in total. The number of alkyl halides is 2. The number of benzene rings is 2. The second-order valence-electron chi connectivity index (χ2n) is 7.89. The van der Waals surface area contributed by atoms with Gasteiger partial charge in [-0.25, -0.2) is 13.6 Å². The van der Waals surface area contributed by atoms with Crippen LogP contribution in [0.3, 0.4) is 0 Å². The topological polar surface area (TPSA) is 105 Å². The summed E-state index contributed by atoms with van der Waals surface area (Å²) in [4.78, 5) is 35.2. The lowest BCUT2D eigenvalue weighted by molar-refractivity contribution is -0.137. The second kappa shape index (κ2) is 10.9. The molecule has 1 aliphatic carbocycles. The van der Waals surface area contributed by atoms with E-state index in [-0.39, 0.29) is 18.9 Å². The number of carbonyl (C=O) groups is 3. The first kappa shape index (κ1) is 24.2. The third-order valence-electron chi connectivity index (χ3n) is 5.64. The maximum absolute atomic E-state index is 13.4. The van der Waals surface area contributed by atoms with Gasteiger partial charge in [0, 0.05) is 12.0 Å². The smallest absolute Gasteiger partial charge is 0.407 e. The molecule has 2 aromatic carbocycles. The van der Waals surface area contributed by atoms with E-state index >= 15 is 0 Å². The molecule has 2 amide bonds. The molecule has 33 heavy (non-hydrogen) atoms. The molecular weight excluding hydrogens is 434 g/mol. The summed E-state index contributed by atoms with van der Waals surface area (Å²) >= 11 is 0. The summed E-state index contributed by atoms with van der Waals surface area (Å²) in [5, 5.41) is 13.3. The van der Waals surface area contributed by atoms with Gasteiger partial charge >= 0.3 is 12.1 Å². The Hall–Kier alpha value is -3.49. The lowest BCUT2D eigenvalue weighted by atomic mass is 9.98. The van der Waals surface area contributed by atoms with Crippen LogP contribution in [0.15, 0.2) is 48.5 Å². The van der Waals surface area contributed by atoms with Crippen molar-refractivity contribution in [3.05, 3.63) is 59.7 Å². The minimum Gasteiger partial charge on any atom is -0.481 e. The van der Waals surface area contributed by atoms with Crippen LogP contribution in [0.1, 0.15) is 43.2 Å². The highest BCUT2D eigenvalue weighted by molar-refractivity contribution is 5.80. The number of carboxylic acid groups (broad SMARTS) is 1. The minimum atomic E-state index is -3.00. The molecule has 9 heteroatoms. The van der Waals surface area contributed by atoms with E-state index in [1.165, 1.54) is 0 Å². The van der Waals surface area contributed by atoms with Gasteiger partial charge in [0.1, 0.15) is 12.6 Å². The van der Waals surface area contributed by atoms with Crippen LogP contribution in [0.2, 0.25) is 0 Å². The van der Waals surface area contributed by atoms with Crippen LogP contribution >= 0.6 is 0 Å². The molecule has 1 aliphatic rings. The highest BCUT2D eigenvalue weighted by Gasteiger charge is 2.31. The van der Waals surface area contributed by atoms with E-state index in [2.05, 4.69) is 10.6 Å². The van der Waals surface area contributed by atoms with Crippen molar-refractivity contribution in [2.75, 3.05) is 6.61 Å². The zero-order valence-electron chi connectivity index (χ0n) is 18.1. The van der Waals surface area contributed by atoms with Gasteiger partial charge < -0.3 is 20.5 Å². The van der Waals surface area contributed by atoms with Gasteiger partial charge in [0.15, 0.2) is 0 Å². The minimum absolute atomic E-state index is 0.0431. The Bertz CT molecular complexity index is 968. The number of halogens is 2. The number of amides is 2. The number of aliphatic carboxylic acids is 1. The molecule has 0 saturated carbocycles. The van der Waals surface area contributed by atoms with Gasteiger partial charge in [0.2, 0.25) is 5.91 Å². The molecule has 3 rings (SSSR count). The first-order valence-corrected chi connectivity index (χ1v) is 10.7. The molecule has 2 aromatic rings. The molecule has 2 unspecified atom stereocenters. The lowest BCUT2D eigenvalue weighted by Gasteiger charge is -2.21. The lowest BCUT2D eigenvalue weighted by Crippen LogP contribution is -2.45. The Morgan fingerprint density at radius 1 is 0.970 bits per heavy atom. The van der Waals surface area contributed by atoms with Crippen molar-refractivity contribution in [3.8, 4) is 11.1 Å². The van der Waals surface area contributed by atoms with Gasteiger partial charge in [-0.15, -0.1) is 0 Å². The number of fused-ring (bicyclic) bond motifs is 3. The van der Waals surface area contributed by atoms with Crippen molar-refractivity contribution in [3.63, 3.8) is 0 Å². The van der Waals surface area contributed by atoms with E-state index in [9.17, 15) is 23.2 Å². The normalized spacial score (nSPS) is 14.2. The molecule has 0 saturated heterocycles. The third-order valence-corrected chi connectivity index (χ3v) is 5.64. The first-order valence-electron chi connectivity index (χ1n) is 10.7. The molecule has 7 nitrogen and oxygen atoms in total. The molecule has 2 atom stereocenters. The van der Waals surface area contributed by atoms with E-state index < -0.39 is 42.9 Å². The quantitative estimate of drug-likeness (QED) is 0.499. The third kappa shape index (κ3) is 6.06. The van der Waals surface area contributed by atoms with Crippen molar-refractivity contribution in [1.29, 1.82) is 0 Å². The summed E-state index contributed by atoms with van der Waals surface area (Å²) in [6.07, 6.45) is -4.74. The predicted octanol–water partition coefficient (Wildman–Crippen LogP) is 3.92. The average molecular weight is 460 g/mol. The largest absolute Gasteiger partial charge is 0.481 e. The predicted molar refractivity (Wildman–Crippen MR) is 117 cm³/mol. The molecule has 176 valence electrons. The van der Waals surface area contributed by atoms with Crippen LogP contribution in [0.4, 0.5) is 13.6 Å². The van der Waals surface area contributed by atoms with Crippen LogP contribution in [0.25, 0.3) is 11.1 Å². The Balaban J connectivity index is 1.59. The molecule has 0 radical (unpaired) electrons. The molecular formula is C24H26F2N2O5. The Kier molecular flexibility index (Phi) is 7.97. The van der Waals surface area contributed by atoms with E-state index in [0.717, 1.165) is 22.3 Å². The summed E-state index contributed by atoms with van der Waals surface area (Å²) in [7, 11) is 0. The number of nitrogens with one attached hydrogen (secondary N) is 2. The molecule has 0 aliphatic heterocycles. The molecule has 0 heterocycles. The Morgan fingerprint density at radius 3 is 2.06 bits per heavy atom. The number of hydrogen-bond acceptors (Lipinski definition) is 4. The summed E-state index contributed by atoms with van der Waals surface area (Å²) in [6.45, 7) is 1.63. The molecule has 0 aromatic heterocycles. The summed E-state index contributed by atoms with van der Waals surface area (Å²) < 4.78 is 32.1. The van der Waals surface area contributed by atoms with Crippen LogP contribution in [0, 0.1) is 0 Å². The van der Waals surface area contributed by atoms with Crippen LogP contribution in [-0.2, 0) is 14.3 Å². The maximum Gasteiger partial charge on any atom is 0.407 e. The van der Waals surface area contributed by atoms with Crippen molar-refractivity contribution in [2.24, 2.45) is 0 Å². The monoisotopic (exact) mass is 460 g/mol. The molecule has 0 bridgehead atoms. The number of rotatable bonds is 10. The van der Waals surface area contributed by atoms with E-state index in [4.69, 9.17) is 9.84 Å². The molecule has 0 fully saturated rings. The number of alkyl carbamates (subject to hydrolysis) is 1. The first-order chi connectivity index (χ1) is 15.8. The zero-order valence-corrected chi connectivity index (χ0v) is 18.1. The van der Waals surface area contributed by atoms with Gasteiger partial charge in [-0.3, -0.25) is 9.59 Å². The van der Waals surface area contributed by atoms with Crippen molar-refractivity contribution >= 4 is 18.0 Å². The fourth-order valence-corrected chi connectivity index (χ4v) is 3.99. The van der Waals surface area contributed by atoms with Gasteiger partial charge in [-0.1, -0.05) is 55.5 Å². The second-order valence-corrected chi connectivity index (χ2v) is 7.89. The van der Waals surface area contributed by atoms with Gasteiger partial charge in [0.05, 0.1) is 12.8 Å². The SMILES string of the molecule is CCC(CC(=O)O)NC(=O)CC(NC(=O)OCC1c2ccccc2-c2ccccc21)C(F)F. The number of hydrogen-bond donors (Lipinski definition) is 3. The van der Waals surface area contributed by atoms with E-state index in [1.807, 2.05) is 48.5 Å². The van der Waals surface area contributed by atoms with Crippen LogP contribution in [0.5, 0.6) is 0 Å². The van der Waals surface area contributed by atoms with Gasteiger partial charge in [-0.05, 0) is 28.7 Å². The van der Waals surface area contributed by atoms with Crippen LogP contribution in [-0.4, -0.2) is 48.2 Å². The average Bonchev–Trinajstić information content (AvgIpc) is 3.10. The van der Waals surface area contributed by atoms with Gasteiger partial charge in [-0.2, -0.15) is 0 Å². The number of carbonyl (C=O) groups excluding carboxylic acids is 2. The summed E-state index contributed by atoms with van der Waals surface area (Å²) in [6, 6.07) is 13.0. The molecule has 0 spiro atoms. The Morgan fingerprint density at radius 2 is 1.55 bits per heavy atom. The van der Waals surface area contributed by atoms with E-state index in [0.29, 0.717) is 6.42 Å². The zero-order chi connectivity index (χ0) is 24.0.